The molecule has 0 saturated carbocycles. The van der Waals surface area contributed by atoms with Crippen LogP contribution in [-0.4, -0.2) is 25.7 Å². The van der Waals surface area contributed by atoms with E-state index in [1.165, 1.54) is 24.5 Å². The fourth-order valence-corrected chi connectivity index (χ4v) is 2.13. The van der Waals surface area contributed by atoms with Crippen molar-refractivity contribution in [3.8, 4) is 0 Å². The van der Waals surface area contributed by atoms with Crippen LogP contribution < -0.4 is 5.32 Å². The SMILES string of the molecule is Cc1nn(C)c2ncc(NC(=O)c3cccnc3F)cc12. The molecular formula is C14H12FN5O. The maximum absolute atomic E-state index is 13.5. The molecule has 0 saturated heterocycles. The molecule has 0 spiro atoms. The Morgan fingerprint density at radius 2 is 2.19 bits per heavy atom. The van der Waals surface area contributed by atoms with Crippen LogP contribution in [0.5, 0.6) is 0 Å². The molecule has 21 heavy (non-hydrogen) atoms. The third-order valence-corrected chi connectivity index (χ3v) is 3.12. The largest absolute Gasteiger partial charge is 0.320 e. The molecular weight excluding hydrogens is 273 g/mol. The minimum Gasteiger partial charge on any atom is -0.320 e. The predicted molar refractivity (Wildman–Crippen MR) is 75.4 cm³/mol. The van der Waals surface area contributed by atoms with Crippen LogP contribution >= 0.6 is 0 Å². The van der Waals surface area contributed by atoms with Crippen molar-refractivity contribution in [1.82, 2.24) is 19.7 Å². The van der Waals surface area contributed by atoms with Crippen molar-refractivity contribution in [3.63, 3.8) is 0 Å². The average Bonchev–Trinajstić information content (AvgIpc) is 2.74. The normalized spacial score (nSPS) is 10.8. The van der Waals surface area contributed by atoms with E-state index in [9.17, 15) is 9.18 Å². The van der Waals surface area contributed by atoms with Crippen molar-refractivity contribution in [2.24, 2.45) is 7.05 Å². The Balaban J connectivity index is 1.93. The molecule has 3 aromatic heterocycles. The summed E-state index contributed by atoms with van der Waals surface area (Å²) in [5.41, 5.74) is 1.90. The molecule has 0 aliphatic heterocycles. The lowest BCUT2D eigenvalue weighted by Crippen LogP contribution is -2.14. The summed E-state index contributed by atoms with van der Waals surface area (Å²) in [6.45, 7) is 1.86. The summed E-state index contributed by atoms with van der Waals surface area (Å²) in [6.07, 6.45) is 2.80. The fourth-order valence-electron chi connectivity index (χ4n) is 2.13. The van der Waals surface area contributed by atoms with Gasteiger partial charge in [-0.2, -0.15) is 9.49 Å². The van der Waals surface area contributed by atoms with Crippen LogP contribution in [0.2, 0.25) is 0 Å². The van der Waals surface area contributed by atoms with Crippen molar-refractivity contribution in [3.05, 3.63) is 47.8 Å². The lowest BCUT2D eigenvalue weighted by Gasteiger charge is -2.05. The van der Waals surface area contributed by atoms with Gasteiger partial charge in [0.15, 0.2) is 5.65 Å². The van der Waals surface area contributed by atoms with Gasteiger partial charge in [-0.25, -0.2) is 9.97 Å². The zero-order valence-electron chi connectivity index (χ0n) is 11.5. The predicted octanol–water partition coefficient (Wildman–Crippen LogP) is 2.06. The van der Waals surface area contributed by atoms with Crippen LogP contribution in [0, 0.1) is 12.9 Å². The van der Waals surface area contributed by atoms with Gasteiger partial charge in [0.1, 0.15) is 0 Å². The molecule has 1 N–H and O–H groups in total. The molecule has 0 radical (unpaired) electrons. The average molecular weight is 285 g/mol. The number of halogens is 1. The molecule has 1 amide bonds. The Kier molecular flexibility index (Phi) is 3.09. The van der Waals surface area contributed by atoms with Crippen molar-refractivity contribution in [2.75, 3.05) is 5.32 Å². The first kappa shape index (κ1) is 13.2. The van der Waals surface area contributed by atoms with Crippen molar-refractivity contribution in [2.45, 2.75) is 6.92 Å². The molecule has 3 aromatic rings. The Morgan fingerprint density at radius 3 is 2.95 bits per heavy atom. The lowest BCUT2D eigenvalue weighted by atomic mass is 10.2. The van der Waals surface area contributed by atoms with Crippen LogP contribution in [0.3, 0.4) is 0 Å². The van der Waals surface area contributed by atoms with E-state index in [0.29, 0.717) is 5.69 Å². The molecule has 3 rings (SSSR count). The van der Waals surface area contributed by atoms with Gasteiger partial charge in [0.2, 0.25) is 5.95 Å². The third kappa shape index (κ3) is 2.33. The van der Waals surface area contributed by atoms with E-state index in [1.807, 2.05) is 6.92 Å². The number of nitrogens with zero attached hydrogens (tertiary/aromatic N) is 4. The number of pyridine rings is 2. The molecule has 0 fully saturated rings. The highest BCUT2D eigenvalue weighted by molar-refractivity contribution is 6.04. The van der Waals surface area contributed by atoms with Gasteiger partial charge in [0, 0.05) is 18.6 Å². The molecule has 0 aliphatic rings. The van der Waals surface area contributed by atoms with E-state index < -0.39 is 11.9 Å². The number of fused-ring (bicyclic) bond motifs is 1. The second kappa shape index (κ2) is 4.93. The summed E-state index contributed by atoms with van der Waals surface area (Å²) in [5.74, 6) is -1.37. The Morgan fingerprint density at radius 1 is 1.38 bits per heavy atom. The highest BCUT2D eigenvalue weighted by Gasteiger charge is 2.13. The summed E-state index contributed by atoms with van der Waals surface area (Å²) in [4.78, 5) is 19.7. The maximum Gasteiger partial charge on any atom is 0.260 e. The highest BCUT2D eigenvalue weighted by Crippen LogP contribution is 2.19. The number of nitrogens with one attached hydrogen (secondary N) is 1. The summed E-state index contributed by atoms with van der Waals surface area (Å²) >= 11 is 0. The summed E-state index contributed by atoms with van der Waals surface area (Å²) < 4.78 is 15.1. The van der Waals surface area contributed by atoms with E-state index >= 15 is 0 Å². The first-order valence-corrected chi connectivity index (χ1v) is 6.27. The number of aromatic nitrogens is 4. The maximum atomic E-state index is 13.5. The van der Waals surface area contributed by atoms with E-state index in [-0.39, 0.29) is 5.56 Å². The van der Waals surface area contributed by atoms with Gasteiger partial charge < -0.3 is 5.32 Å². The number of carbonyl (C=O) groups is 1. The number of rotatable bonds is 2. The Bertz CT molecular complexity index is 842. The minimum absolute atomic E-state index is 0.111. The number of aryl methyl sites for hydroxylation is 2. The van der Waals surface area contributed by atoms with E-state index in [2.05, 4.69) is 20.4 Å². The second-order valence-corrected chi connectivity index (χ2v) is 4.60. The van der Waals surface area contributed by atoms with Gasteiger partial charge in [0.25, 0.3) is 5.91 Å². The topological polar surface area (TPSA) is 72.7 Å². The van der Waals surface area contributed by atoms with Gasteiger partial charge in [0.05, 0.1) is 23.1 Å². The first-order valence-electron chi connectivity index (χ1n) is 6.27. The molecule has 0 bridgehead atoms. The zero-order chi connectivity index (χ0) is 15.0. The number of carbonyl (C=O) groups excluding carboxylic acids is 1. The van der Waals surface area contributed by atoms with Crippen molar-refractivity contribution in [1.29, 1.82) is 0 Å². The van der Waals surface area contributed by atoms with E-state index in [1.54, 1.807) is 17.8 Å². The van der Waals surface area contributed by atoms with Gasteiger partial charge >= 0.3 is 0 Å². The van der Waals surface area contributed by atoms with Gasteiger partial charge in [-0.05, 0) is 25.1 Å². The zero-order valence-corrected chi connectivity index (χ0v) is 11.5. The second-order valence-electron chi connectivity index (χ2n) is 4.60. The number of hydrogen-bond acceptors (Lipinski definition) is 4. The smallest absolute Gasteiger partial charge is 0.260 e. The van der Waals surface area contributed by atoms with Crippen LogP contribution in [0.1, 0.15) is 16.1 Å². The molecule has 0 atom stereocenters. The molecule has 0 unspecified atom stereocenters. The monoisotopic (exact) mass is 285 g/mol. The Labute approximate surface area is 119 Å². The summed E-state index contributed by atoms with van der Waals surface area (Å²) in [7, 11) is 1.80. The lowest BCUT2D eigenvalue weighted by molar-refractivity contribution is 0.102. The van der Waals surface area contributed by atoms with Crippen LogP contribution in [0.4, 0.5) is 10.1 Å². The first-order chi connectivity index (χ1) is 10.1. The number of amides is 1. The van der Waals surface area contributed by atoms with Gasteiger partial charge in [-0.15, -0.1) is 0 Å². The third-order valence-electron chi connectivity index (χ3n) is 3.12. The molecule has 3 heterocycles. The van der Waals surface area contributed by atoms with E-state index in [4.69, 9.17) is 0 Å². The van der Waals surface area contributed by atoms with Crippen molar-refractivity contribution < 1.29 is 9.18 Å². The van der Waals surface area contributed by atoms with Crippen molar-refractivity contribution >= 4 is 22.6 Å². The molecule has 6 nitrogen and oxygen atoms in total. The quantitative estimate of drug-likeness (QED) is 0.731. The molecule has 106 valence electrons. The number of hydrogen-bond donors (Lipinski definition) is 1. The van der Waals surface area contributed by atoms with Gasteiger partial charge in [-0.3, -0.25) is 9.48 Å². The fraction of sp³-hybridized carbons (Fsp3) is 0.143. The number of anilines is 1. The van der Waals surface area contributed by atoms with Gasteiger partial charge in [-0.1, -0.05) is 0 Å². The molecule has 7 heteroatoms. The minimum atomic E-state index is -0.804. The summed E-state index contributed by atoms with van der Waals surface area (Å²) in [6, 6.07) is 4.64. The van der Waals surface area contributed by atoms with Crippen LogP contribution in [0.25, 0.3) is 11.0 Å². The standard InChI is InChI=1S/C14H12FN5O/c1-8-11-6-9(7-17-13(11)20(2)19-8)18-14(21)10-4-3-5-16-12(10)15/h3-7H,1-2H3,(H,18,21). The van der Waals surface area contributed by atoms with Crippen LogP contribution in [-0.2, 0) is 7.05 Å². The highest BCUT2D eigenvalue weighted by atomic mass is 19.1. The van der Waals surface area contributed by atoms with Crippen LogP contribution in [0.15, 0.2) is 30.6 Å². The molecule has 0 aliphatic carbocycles. The van der Waals surface area contributed by atoms with E-state index in [0.717, 1.165) is 16.7 Å². The Hall–Kier alpha value is -2.83. The summed E-state index contributed by atoms with van der Waals surface area (Å²) in [5, 5.41) is 7.70. The molecule has 0 aromatic carbocycles.